The summed E-state index contributed by atoms with van der Waals surface area (Å²) < 4.78 is 10.8. The third-order valence-electron chi connectivity index (χ3n) is 4.26. The van der Waals surface area contributed by atoms with Gasteiger partial charge < -0.3 is 14.4 Å². The second-order valence-electron chi connectivity index (χ2n) is 6.11. The molecule has 1 aliphatic heterocycles. The van der Waals surface area contributed by atoms with Crippen molar-refractivity contribution in [3.05, 3.63) is 30.3 Å². The number of ether oxygens (including phenoxy) is 2. The summed E-state index contributed by atoms with van der Waals surface area (Å²) in [5.41, 5.74) is 0. The number of carbonyl (C=O) groups excluding carboxylic acids is 1. The Kier molecular flexibility index (Phi) is 7.95. The summed E-state index contributed by atoms with van der Waals surface area (Å²) in [7, 11) is 0. The molecule has 1 fully saturated rings. The molecule has 0 spiro atoms. The van der Waals surface area contributed by atoms with Crippen LogP contribution in [0.3, 0.4) is 0 Å². The minimum Gasteiger partial charge on any atom is -0.494 e. The molecule has 1 heterocycles. The number of para-hydroxylation sites is 1. The molecule has 4 heteroatoms. The van der Waals surface area contributed by atoms with Crippen molar-refractivity contribution in [3.63, 3.8) is 0 Å². The van der Waals surface area contributed by atoms with Gasteiger partial charge in [0.15, 0.2) is 0 Å². The average molecular weight is 319 g/mol. The van der Waals surface area contributed by atoms with Crippen molar-refractivity contribution in [1.82, 2.24) is 4.90 Å². The summed E-state index contributed by atoms with van der Waals surface area (Å²) in [6.07, 6.45) is 5.46. The standard InChI is InChI=1S/C19H29NO3/c1-2-22-19(21)17-10-9-14-20(16-17)13-7-4-8-15-23-18-11-5-3-6-12-18/h3,5-6,11-12,17H,2,4,7-10,13-16H2,1H3. The maximum absolute atomic E-state index is 11.8. The van der Waals surface area contributed by atoms with E-state index in [4.69, 9.17) is 9.47 Å². The van der Waals surface area contributed by atoms with Crippen molar-refractivity contribution in [2.45, 2.75) is 39.0 Å². The van der Waals surface area contributed by atoms with Crippen LogP contribution in [-0.4, -0.2) is 43.7 Å². The van der Waals surface area contributed by atoms with E-state index in [0.29, 0.717) is 6.61 Å². The normalized spacial score (nSPS) is 18.6. The number of unbranched alkanes of at least 4 members (excludes halogenated alkanes) is 2. The SMILES string of the molecule is CCOC(=O)C1CCCN(CCCCCOc2ccccc2)C1. The quantitative estimate of drug-likeness (QED) is 0.516. The van der Waals surface area contributed by atoms with E-state index in [1.807, 2.05) is 37.3 Å². The number of likely N-dealkylation sites (tertiary alicyclic amines) is 1. The maximum Gasteiger partial charge on any atom is 0.310 e. The fourth-order valence-corrected chi connectivity index (χ4v) is 3.03. The third kappa shape index (κ3) is 6.61. The number of hydrogen-bond donors (Lipinski definition) is 0. The molecule has 1 atom stereocenters. The van der Waals surface area contributed by atoms with Gasteiger partial charge in [-0.05, 0) is 64.3 Å². The first-order valence-electron chi connectivity index (χ1n) is 8.86. The minimum absolute atomic E-state index is 0.0199. The highest BCUT2D eigenvalue weighted by molar-refractivity contribution is 5.72. The number of esters is 1. The van der Waals surface area contributed by atoms with Gasteiger partial charge in [-0.2, -0.15) is 0 Å². The highest BCUT2D eigenvalue weighted by Gasteiger charge is 2.26. The summed E-state index contributed by atoms with van der Waals surface area (Å²) in [6.45, 7) is 6.17. The van der Waals surface area contributed by atoms with Crippen molar-refractivity contribution in [1.29, 1.82) is 0 Å². The molecule has 0 N–H and O–H groups in total. The van der Waals surface area contributed by atoms with Crippen LogP contribution in [0.2, 0.25) is 0 Å². The van der Waals surface area contributed by atoms with Crippen molar-refractivity contribution in [2.24, 2.45) is 5.92 Å². The van der Waals surface area contributed by atoms with Crippen molar-refractivity contribution in [2.75, 3.05) is 32.8 Å². The third-order valence-corrected chi connectivity index (χ3v) is 4.26. The summed E-state index contributed by atoms with van der Waals surface area (Å²) in [6, 6.07) is 9.96. The molecular formula is C19H29NO3. The fourth-order valence-electron chi connectivity index (χ4n) is 3.03. The van der Waals surface area contributed by atoms with Crippen LogP contribution in [0.25, 0.3) is 0 Å². The average Bonchev–Trinajstić information content (AvgIpc) is 2.59. The molecule has 1 aromatic carbocycles. The van der Waals surface area contributed by atoms with Gasteiger partial charge >= 0.3 is 5.97 Å². The second-order valence-corrected chi connectivity index (χ2v) is 6.11. The zero-order chi connectivity index (χ0) is 16.3. The van der Waals surface area contributed by atoms with Crippen LogP contribution >= 0.6 is 0 Å². The molecule has 0 saturated carbocycles. The first kappa shape index (κ1) is 17.8. The maximum atomic E-state index is 11.8. The summed E-state index contributed by atoms with van der Waals surface area (Å²) >= 11 is 0. The van der Waals surface area contributed by atoms with E-state index >= 15 is 0 Å². The molecular weight excluding hydrogens is 290 g/mol. The number of benzene rings is 1. The largest absolute Gasteiger partial charge is 0.494 e. The number of rotatable bonds is 9. The first-order chi connectivity index (χ1) is 11.3. The van der Waals surface area contributed by atoms with Gasteiger partial charge in [0.1, 0.15) is 5.75 Å². The van der Waals surface area contributed by atoms with Gasteiger partial charge in [0.2, 0.25) is 0 Å². The predicted molar refractivity (Wildman–Crippen MR) is 91.6 cm³/mol. The molecule has 0 bridgehead atoms. The van der Waals surface area contributed by atoms with Crippen molar-refractivity contribution in [3.8, 4) is 5.75 Å². The fraction of sp³-hybridized carbons (Fsp3) is 0.632. The highest BCUT2D eigenvalue weighted by atomic mass is 16.5. The lowest BCUT2D eigenvalue weighted by atomic mass is 9.98. The van der Waals surface area contributed by atoms with E-state index in [-0.39, 0.29) is 11.9 Å². The Balaban J connectivity index is 1.54. The van der Waals surface area contributed by atoms with Gasteiger partial charge in [-0.15, -0.1) is 0 Å². The van der Waals surface area contributed by atoms with Gasteiger partial charge in [-0.3, -0.25) is 4.79 Å². The minimum atomic E-state index is -0.0199. The van der Waals surface area contributed by atoms with Gasteiger partial charge in [-0.25, -0.2) is 0 Å². The molecule has 0 aliphatic carbocycles. The monoisotopic (exact) mass is 319 g/mol. The van der Waals surface area contributed by atoms with Crippen LogP contribution in [0.5, 0.6) is 5.75 Å². The Morgan fingerprint density at radius 1 is 1.22 bits per heavy atom. The van der Waals surface area contributed by atoms with Crippen LogP contribution < -0.4 is 4.74 Å². The molecule has 1 saturated heterocycles. The smallest absolute Gasteiger partial charge is 0.310 e. The van der Waals surface area contributed by atoms with Gasteiger partial charge in [0.25, 0.3) is 0 Å². The zero-order valence-corrected chi connectivity index (χ0v) is 14.2. The molecule has 0 amide bonds. The molecule has 0 radical (unpaired) electrons. The molecule has 1 aliphatic rings. The Morgan fingerprint density at radius 2 is 2.04 bits per heavy atom. The lowest BCUT2D eigenvalue weighted by Crippen LogP contribution is -2.39. The molecule has 1 aromatic rings. The Hall–Kier alpha value is -1.55. The number of hydrogen-bond acceptors (Lipinski definition) is 4. The molecule has 0 aromatic heterocycles. The second kappa shape index (κ2) is 10.3. The zero-order valence-electron chi connectivity index (χ0n) is 14.2. The first-order valence-corrected chi connectivity index (χ1v) is 8.86. The van der Waals surface area contributed by atoms with Crippen LogP contribution in [0.15, 0.2) is 30.3 Å². The molecule has 2 rings (SSSR count). The molecule has 23 heavy (non-hydrogen) atoms. The van der Waals surface area contributed by atoms with E-state index in [2.05, 4.69) is 4.90 Å². The van der Waals surface area contributed by atoms with Gasteiger partial charge in [-0.1, -0.05) is 18.2 Å². The lowest BCUT2D eigenvalue weighted by molar-refractivity contribution is -0.149. The summed E-state index contributed by atoms with van der Waals surface area (Å²) in [4.78, 5) is 14.2. The van der Waals surface area contributed by atoms with E-state index in [0.717, 1.165) is 64.1 Å². The summed E-state index contributed by atoms with van der Waals surface area (Å²) in [5.74, 6) is 0.999. The van der Waals surface area contributed by atoms with Gasteiger partial charge in [0, 0.05) is 6.54 Å². The number of nitrogens with zero attached hydrogens (tertiary/aromatic N) is 1. The van der Waals surface area contributed by atoms with E-state index in [9.17, 15) is 4.79 Å². The number of carbonyl (C=O) groups is 1. The Labute approximate surface area is 139 Å². The molecule has 1 unspecified atom stereocenters. The van der Waals surface area contributed by atoms with Crippen molar-refractivity contribution < 1.29 is 14.3 Å². The van der Waals surface area contributed by atoms with Crippen LogP contribution in [-0.2, 0) is 9.53 Å². The van der Waals surface area contributed by atoms with E-state index < -0.39 is 0 Å². The van der Waals surface area contributed by atoms with Crippen LogP contribution in [0, 0.1) is 5.92 Å². The molecule has 4 nitrogen and oxygen atoms in total. The Morgan fingerprint density at radius 3 is 2.83 bits per heavy atom. The predicted octanol–water partition coefficient (Wildman–Crippen LogP) is 3.51. The molecule has 128 valence electrons. The van der Waals surface area contributed by atoms with E-state index in [1.54, 1.807) is 0 Å². The Bertz CT molecular complexity index is 449. The van der Waals surface area contributed by atoms with E-state index in [1.165, 1.54) is 0 Å². The lowest BCUT2D eigenvalue weighted by Gasteiger charge is -2.31. The number of piperidine rings is 1. The highest BCUT2D eigenvalue weighted by Crippen LogP contribution is 2.18. The van der Waals surface area contributed by atoms with Gasteiger partial charge in [0.05, 0.1) is 19.1 Å². The topological polar surface area (TPSA) is 38.8 Å². The summed E-state index contributed by atoms with van der Waals surface area (Å²) in [5, 5.41) is 0. The van der Waals surface area contributed by atoms with Crippen LogP contribution in [0.4, 0.5) is 0 Å². The van der Waals surface area contributed by atoms with Crippen molar-refractivity contribution >= 4 is 5.97 Å². The van der Waals surface area contributed by atoms with Crippen LogP contribution in [0.1, 0.15) is 39.0 Å².